The van der Waals surface area contributed by atoms with Crippen LogP contribution in [0.25, 0.3) is 0 Å². The summed E-state index contributed by atoms with van der Waals surface area (Å²) in [5.41, 5.74) is -1.39. The molecule has 266 valence electrons. The van der Waals surface area contributed by atoms with Gasteiger partial charge in [0.2, 0.25) is 0 Å². The number of Topliss-reactive ketones (excluding diaryl/α,β-unsaturated/α-hetero) is 1. The third kappa shape index (κ3) is 7.98. The smallest absolute Gasteiger partial charge is 0.338 e. The van der Waals surface area contributed by atoms with Gasteiger partial charge in [0.05, 0.1) is 43.0 Å². The highest BCUT2D eigenvalue weighted by atomic mass is 35.5. The van der Waals surface area contributed by atoms with Crippen LogP contribution >= 0.6 is 23.2 Å². The number of carbonyl (C=O) groups is 2. The number of nitrogens with one attached hydrogen (secondary N) is 1. The average molecular weight is 729 g/mol. The lowest BCUT2D eigenvalue weighted by molar-refractivity contribution is -0.120. The predicted octanol–water partition coefficient (Wildman–Crippen LogP) is 6.90. The largest absolute Gasteiger partial charge is 0.496 e. The number of methoxy groups -OCH3 is 1. The minimum Gasteiger partial charge on any atom is -0.496 e. The number of rotatable bonds is 11. The second-order valence-electron chi connectivity index (χ2n) is 13.9. The first-order chi connectivity index (χ1) is 23.8. The van der Waals surface area contributed by atoms with Crippen molar-refractivity contribution in [3.05, 3.63) is 98.5 Å². The van der Waals surface area contributed by atoms with Crippen LogP contribution in [0.5, 0.6) is 5.75 Å². The molecule has 0 radical (unpaired) electrons. The number of nitrogens with zero attached hydrogens (tertiary/aromatic N) is 2. The zero-order valence-corrected chi connectivity index (χ0v) is 30.0. The summed E-state index contributed by atoms with van der Waals surface area (Å²) in [4.78, 5) is 29.5. The van der Waals surface area contributed by atoms with Gasteiger partial charge in [-0.25, -0.2) is 13.6 Å². The van der Waals surface area contributed by atoms with Gasteiger partial charge in [-0.3, -0.25) is 9.69 Å². The second-order valence-corrected chi connectivity index (χ2v) is 14.8. The molecule has 3 aromatic rings. The van der Waals surface area contributed by atoms with Crippen molar-refractivity contribution in [2.75, 3.05) is 46.6 Å². The number of esters is 1. The molecule has 1 N–H and O–H groups in total. The van der Waals surface area contributed by atoms with Gasteiger partial charge >= 0.3 is 5.97 Å². The molecule has 2 fully saturated rings. The summed E-state index contributed by atoms with van der Waals surface area (Å²) in [6.45, 7) is 9.54. The SMILES string of the molecule is COc1cc(C(=O)OCCN2CCOCC2)ccc1CC(=O)[C@@H]1N[C@@H](CC(C)(C)C)[C@](C#N)(c2ccc(Cl)cc2F)[C@H]1c1cccc(Cl)c1F. The summed E-state index contributed by atoms with van der Waals surface area (Å²) in [5.74, 6) is -3.36. The molecule has 2 aliphatic heterocycles. The lowest BCUT2D eigenvalue weighted by Gasteiger charge is -2.37. The zero-order valence-electron chi connectivity index (χ0n) is 28.5. The Bertz CT molecular complexity index is 1770. The van der Waals surface area contributed by atoms with Crippen LogP contribution in [-0.2, 0) is 26.1 Å². The fraction of sp³-hybridized carbons (Fsp3) is 0.447. The quantitative estimate of drug-likeness (QED) is 0.213. The third-order valence-corrected chi connectivity index (χ3v) is 9.95. The monoisotopic (exact) mass is 727 g/mol. The molecule has 0 bridgehead atoms. The van der Waals surface area contributed by atoms with Crippen molar-refractivity contribution in [2.24, 2.45) is 5.41 Å². The van der Waals surface area contributed by atoms with Crippen molar-refractivity contribution in [3.63, 3.8) is 0 Å². The minimum atomic E-state index is -1.74. The number of ether oxygens (including phenoxy) is 3. The maximum atomic E-state index is 16.0. The van der Waals surface area contributed by atoms with Crippen LogP contribution in [0.3, 0.4) is 0 Å². The van der Waals surface area contributed by atoms with E-state index in [0.29, 0.717) is 31.7 Å². The van der Waals surface area contributed by atoms with Crippen LogP contribution in [0.15, 0.2) is 54.6 Å². The Balaban J connectivity index is 1.50. The highest BCUT2D eigenvalue weighted by Gasteiger charge is 2.61. The molecule has 0 unspecified atom stereocenters. The molecule has 0 aliphatic carbocycles. The maximum absolute atomic E-state index is 16.0. The van der Waals surface area contributed by atoms with Gasteiger partial charge in [-0.15, -0.1) is 0 Å². The second kappa shape index (κ2) is 15.7. The molecule has 12 heteroatoms. The van der Waals surface area contributed by atoms with E-state index in [-0.39, 0.29) is 56.7 Å². The number of hydrogen-bond acceptors (Lipinski definition) is 8. The minimum absolute atomic E-state index is 0.000101. The molecular formula is C38H41Cl2F2N3O5. The zero-order chi connectivity index (χ0) is 36.2. The molecule has 8 nitrogen and oxygen atoms in total. The maximum Gasteiger partial charge on any atom is 0.338 e. The normalized spacial score (nSPS) is 22.6. The number of nitriles is 1. The van der Waals surface area contributed by atoms with Crippen molar-refractivity contribution in [1.29, 1.82) is 5.26 Å². The summed E-state index contributed by atoms with van der Waals surface area (Å²) in [6, 6.07) is 13.6. The fourth-order valence-electron chi connectivity index (χ4n) is 7.10. The number of hydrogen-bond donors (Lipinski definition) is 1. The summed E-state index contributed by atoms with van der Waals surface area (Å²) < 4.78 is 48.4. The van der Waals surface area contributed by atoms with Gasteiger partial charge in [0.1, 0.15) is 29.4 Å². The van der Waals surface area contributed by atoms with Gasteiger partial charge in [0.15, 0.2) is 5.78 Å². The van der Waals surface area contributed by atoms with E-state index < -0.39 is 41.0 Å². The first-order valence-corrected chi connectivity index (χ1v) is 17.3. The molecule has 4 atom stereocenters. The summed E-state index contributed by atoms with van der Waals surface area (Å²) >= 11 is 12.4. The number of benzene rings is 3. The highest BCUT2D eigenvalue weighted by molar-refractivity contribution is 6.31. The Labute approximate surface area is 301 Å². The van der Waals surface area contributed by atoms with E-state index in [1.807, 2.05) is 20.8 Å². The van der Waals surface area contributed by atoms with Crippen LogP contribution in [0.2, 0.25) is 10.0 Å². The first kappa shape index (κ1) is 37.7. The van der Waals surface area contributed by atoms with E-state index in [2.05, 4.69) is 16.3 Å². The van der Waals surface area contributed by atoms with E-state index in [4.69, 9.17) is 37.4 Å². The van der Waals surface area contributed by atoms with Crippen molar-refractivity contribution >= 4 is 35.0 Å². The molecule has 2 aliphatic rings. The van der Waals surface area contributed by atoms with Crippen LogP contribution in [0.4, 0.5) is 8.78 Å². The third-order valence-electron chi connectivity index (χ3n) is 9.43. The molecule has 5 rings (SSSR count). The number of ketones is 1. The first-order valence-electron chi connectivity index (χ1n) is 16.5. The van der Waals surface area contributed by atoms with Crippen LogP contribution in [-0.4, -0.2) is 75.3 Å². The fourth-order valence-corrected chi connectivity index (χ4v) is 7.44. The van der Waals surface area contributed by atoms with Crippen LogP contribution in [0, 0.1) is 28.4 Å². The standard InChI is InChI=1S/C38H41Cl2F2N3O5/c1-37(2,3)21-32-38(22-43,27-11-10-25(39)20-29(27)41)33(26-6-5-7-28(40)34(26)42)35(44-32)30(46)18-23-8-9-24(19-31(23)48-4)36(47)50-17-14-45-12-15-49-16-13-45/h5-11,19-20,32-33,35,44H,12-18,21H2,1-4H3/t32-,33-,35-,38-/m0/s1. The van der Waals surface area contributed by atoms with Crippen molar-refractivity contribution < 1.29 is 32.6 Å². The lowest BCUT2D eigenvalue weighted by atomic mass is 9.62. The van der Waals surface area contributed by atoms with Crippen LogP contribution in [0.1, 0.15) is 60.2 Å². The van der Waals surface area contributed by atoms with E-state index in [1.54, 1.807) is 18.2 Å². The summed E-state index contributed by atoms with van der Waals surface area (Å²) in [7, 11) is 1.43. The molecule has 0 saturated carbocycles. The van der Waals surface area contributed by atoms with Crippen molar-refractivity contribution in [2.45, 2.75) is 57.0 Å². The summed E-state index contributed by atoms with van der Waals surface area (Å²) in [5, 5.41) is 14.4. The molecule has 0 aromatic heterocycles. The van der Waals surface area contributed by atoms with Gasteiger partial charge in [-0.2, -0.15) is 5.26 Å². The Morgan fingerprint density at radius 1 is 1.10 bits per heavy atom. The van der Waals surface area contributed by atoms with E-state index in [1.165, 1.54) is 37.4 Å². The van der Waals surface area contributed by atoms with Gasteiger partial charge in [0, 0.05) is 54.2 Å². The molecule has 0 spiro atoms. The lowest BCUT2D eigenvalue weighted by Crippen LogP contribution is -2.44. The Morgan fingerprint density at radius 3 is 2.50 bits per heavy atom. The topological polar surface area (TPSA) is 101 Å². The summed E-state index contributed by atoms with van der Waals surface area (Å²) in [6.07, 6.45) is 0.148. The number of carbonyl (C=O) groups excluding carboxylic acids is 2. The average Bonchev–Trinajstić information content (AvgIpc) is 3.39. The van der Waals surface area contributed by atoms with Gasteiger partial charge in [0.25, 0.3) is 0 Å². The Morgan fingerprint density at radius 2 is 1.84 bits per heavy atom. The highest BCUT2D eigenvalue weighted by Crippen LogP contribution is 2.53. The van der Waals surface area contributed by atoms with E-state index >= 15 is 8.78 Å². The number of halogens is 4. The molecule has 2 saturated heterocycles. The molecule has 3 aromatic carbocycles. The molecular weight excluding hydrogens is 687 g/mol. The van der Waals surface area contributed by atoms with Crippen molar-refractivity contribution in [3.8, 4) is 11.8 Å². The van der Waals surface area contributed by atoms with Gasteiger partial charge < -0.3 is 19.5 Å². The van der Waals surface area contributed by atoms with Crippen LogP contribution < -0.4 is 10.1 Å². The van der Waals surface area contributed by atoms with E-state index in [0.717, 1.165) is 19.2 Å². The van der Waals surface area contributed by atoms with Crippen molar-refractivity contribution in [1.82, 2.24) is 10.2 Å². The van der Waals surface area contributed by atoms with E-state index in [9.17, 15) is 14.9 Å². The Hall–Kier alpha value is -3.59. The van der Waals surface area contributed by atoms with Gasteiger partial charge in [-0.1, -0.05) is 68.2 Å². The molecule has 0 amide bonds. The van der Waals surface area contributed by atoms with Gasteiger partial charge in [-0.05, 0) is 47.7 Å². The Kier molecular flexibility index (Phi) is 11.9. The molecule has 50 heavy (non-hydrogen) atoms. The number of morpholine rings is 1. The predicted molar refractivity (Wildman–Crippen MR) is 187 cm³/mol. The molecule has 2 heterocycles.